The Labute approximate surface area is 78.3 Å². The van der Waals surface area contributed by atoms with Crippen LogP contribution in [0.25, 0.3) is 0 Å². The van der Waals surface area contributed by atoms with Gasteiger partial charge in [-0.05, 0) is 12.2 Å². The summed E-state index contributed by atoms with van der Waals surface area (Å²) in [5.41, 5.74) is 0. The molecule has 0 radical (unpaired) electrons. The molecule has 1 aliphatic heterocycles. The molecule has 0 spiro atoms. The van der Waals surface area contributed by atoms with Crippen molar-refractivity contribution in [3.63, 3.8) is 0 Å². The Morgan fingerprint density at radius 1 is 1.58 bits per heavy atom. The van der Waals surface area contributed by atoms with E-state index in [-0.39, 0.29) is 5.25 Å². The smallest absolute Gasteiger partial charge is 0.172 e. The molecule has 0 aliphatic carbocycles. The molecule has 4 heteroatoms. The van der Waals surface area contributed by atoms with Crippen LogP contribution in [-0.4, -0.2) is 25.2 Å². The van der Waals surface area contributed by atoms with E-state index in [9.17, 15) is 8.42 Å². The van der Waals surface area contributed by atoms with Gasteiger partial charge in [0.2, 0.25) is 0 Å². The lowest BCUT2D eigenvalue weighted by Gasteiger charge is -2.04. The number of unbranched alkanes of at least 4 members (excludes halogenated alkanes) is 1. The van der Waals surface area contributed by atoms with Crippen molar-refractivity contribution in [2.45, 2.75) is 25.0 Å². The summed E-state index contributed by atoms with van der Waals surface area (Å²) in [7, 11) is -2.83. The lowest BCUT2D eigenvalue weighted by atomic mass is 10.4. The molecule has 1 heterocycles. The Morgan fingerprint density at radius 2 is 2.33 bits per heavy atom. The topological polar surface area (TPSA) is 34.1 Å². The summed E-state index contributed by atoms with van der Waals surface area (Å²) < 4.78 is 21.9. The van der Waals surface area contributed by atoms with Crippen LogP contribution in [0.15, 0.2) is 11.5 Å². The first-order chi connectivity index (χ1) is 5.64. The largest absolute Gasteiger partial charge is 0.224 e. The van der Waals surface area contributed by atoms with Crippen molar-refractivity contribution in [1.29, 1.82) is 0 Å². The first-order valence-corrected chi connectivity index (χ1v) is 6.93. The van der Waals surface area contributed by atoms with Crippen LogP contribution >= 0.6 is 11.8 Å². The molecule has 0 saturated carbocycles. The SMILES string of the molecule is CCCCSC1C=CS(=O)(=O)C1. The van der Waals surface area contributed by atoms with Crippen molar-refractivity contribution in [3.8, 4) is 0 Å². The van der Waals surface area contributed by atoms with Gasteiger partial charge >= 0.3 is 0 Å². The van der Waals surface area contributed by atoms with Crippen molar-refractivity contribution in [2.75, 3.05) is 11.5 Å². The minimum atomic E-state index is -2.83. The highest BCUT2D eigenvalue weighted by molar-refractivity contribution is 8.02. The summed E-state index contributed by atoms with van der Waals surface area (Å²) in [6.07, 6.45) is 4.15. The van der Waals surface area contributed by atoms with Gasteiger partial charge in [0.15, 0.2) is 9.84 Å². The standard InChI is InChI=1S/C8H14O2S2/c1-2-3-5-11-8-4-6-12(9,10)7-8/h4,6,8H,2-3,5,7H2,1H3. The molecule has 0 bridgehead atoms. The van der Waals surface area contributed by atoms with Gasteiger partial charge < -0.3 is 0 Å². The van der Waals surface area contributed by atoms with Crippen LogP contribution in [0.3, 0.4) is 0 Å². The number of sulfone groups is 1. The number of thioether (sulfide) groups is 1. The van der Waals surface area contributed by atoms with Crippen LogP contribution in [-0.2, 0) is 9.84 Å². The second-order valence-corrected chi connectivity index (χ2v) is 6.20. The maximum atomic E-state index is 11.0. The van der Waals surface area contributed by atoms with Gasteiger partial charge in [0.1, 0.15) is 0 Å². The van der Waals surface area contributed by atoms with E-state index in [1.807, 2.05) is 0 Å². The Hall–Kier alpha value is 0.0400. The van der Waals surface area contributed by atoms with Crippen LogP contribution in [0.2, 0.25) is 0 Å². The lowest BCUT2D eigenvalue weighted by molar-refractivity contribution is 0.606. The number of rotatable bonds is 4. The average Bonchev–Trinajstić information content (AvgIpc) is 2.31. The zero-order chi connectivity index (χ0) is 9.03. The third-order valence-electron chi connectivity index (χ3n) is 1.73. The summed E-state index contributed by atoms with van der Waals surface area (Å²) in [5, 5.41) is 1.55. The molecule has 0 aromatic carbocycles. The summed E-state index contributed by atoms with van der Waals surface area (Å²) >= 11 is 1.74. The monoisotopic (exact) mass is 206 g/mol. The zero-order valence-electron chi connectivity index (χ0n) is 7.19. The molecule has 1 rings (SSSR count). The number of hydrogen-bond acceptors (Lipinski definition) is 3. The molecule has 12 heavy (non-hydrogen) atoms. The van der Waals surface area contributed by atoms with Crippen molar-refractivity contribution in [2.24, 2.45) is 0 Å². The molecular weight excluding hydrogens is 192 g/mol. The molecule has 0 fully saturated rings. The lowest BCUT2D eigenvalue weighted by Crippen LogP contribution is -2.07. The average molecular weight is 206 g/mol. The van der Waals surface area contributed by atoms with E-state index in [1.54, 1.807) is 17.8 Å². The van der Waals surface area contributed by atoms with Gasteiger partial charge in [-0.3, -0.25) is 0 Å². The number of hydrogen-bond donors (Lipinski definition) is 0. The highest BCUT2D eigenvalue weighted by atomic mass is 32.2. The summed E-state index contributed by atoms with van der Waals surface area (Å²) in [6.45, 7) is 2.14. The molecule has 0 aromatic rings. The van der Waals surface area contributed by atoms with Gasteiger partial charge in [0.05, 0.1) is 5.75 Å². The molecule has 1 unspecified atom stereocenters. The minimum absolute atomic E-state index is 0.210. The van der Waals surface area contributed by atoms with Crippen molar-refractivity contribution in [3.05, 3.63) is 11.5 Å². The van der Waals surface area contributed by atoms with Gasteiger partial charge in [-0.1, -0.05) is 19.4 Å². The van der Waals surface area contributed by atoms with Crippen molar-refractivity contribution >= 4 is 21.6 Å². The predicted molar refractivity (Wildman–Crippen MR) is 54.1 cm³/mol. The summed E-state index contributed by atoms with van der Waals surface area (Å²) in [5.74, 6) is 1.38. The molecule has 70 valence electrons. The molecule has 0 N–H and O–H groups in total. The fourth-order valence-corrected chi connectivity index (χ4v) is 4.14. The predicted octanol–water partition coefficient (Wildman–Crippen LogP) is 1.83. The van der Waals surface area contributed by atoms with Gasteiger partial charge in [0.25, 0.3) is 0 Å². The molecule has 1 aliphatic rings. The first-order valence-electron chi connectivity index (χ1n) is 4.16. The molecule has 0 aromatic heterocycles. The van der Waals surface area contributed by atoms with E-state index < -0.39 is 9.84 Å². The van der Waals surface area contributed by atoms with Crippen LogP contribution in [0.4, 0.5) is 0 Å². The van der Waals surface area contributed by atoms with Gasteiger partial charge in [0, 0.05) is 10.7 Å². The third kappa shape index (κ3) is 3.19. The maximum Gasteiger partial charge on any atom is 0.172 e. The first kappa shape index (κ1) is 10.1. The molecule has 0 amide bonds. The van der Waals surface area contributed by atoms with Gasteiger partial charge in [-0.2, -0.15) is 11.8 Å². The van der Waals surface area contributed by atoms with Crippen LogP contribution in [0, 0.1) is 0 Å². The van der Waals surface area contributed by atoms with Gasteiger partial charge in [-0.15, -0.1) is 0 Å². The van der Waals surface area contributed by atoms with E-state index >= 15 is 0 Å². The van der Waals surface area contributed by atoms with Crippen molar-refractivity contribution in [1.82, 2.24) is 0 Å². The second kappa shape index (κ2) is 4.33. The highest BCUT2D eigenvalue weighted by Gasteiger charge is 2.21. The fourth-order valence-electron chi connectivity index (χ4n) is 1.03. The van der Waals surface area contributed by atoms with Crippen LogP contribution in [0.1, 0.15) is 19.8 Å². The Kier molecular flexibility index (Phi) is 3.65. The Balaban J connectivity index is 2.26. The third-order valence-corrected chi connectivity index (χ3v) is 4.61. The molecular formula is C8H14O2S2. The quantitative estimate of drug-likeness (QED) is 0.658. The Morgan fingerprint density at radius 3 is 2.83 bits per heavy atom. The maximum absolute atomic E-state index is 11.0. The van der Waals surface area contributed by atoms with Crippen LogP contribution in [0.5, 0.6) is 0 Å². The summed E-state index contributed by atoms with van der Waals surface area (Å²) in [6, 6.07) is 0. The van der Waals surface area contributed by atoms with E-state index in [4.69, 9.17) is 0 Å². The fraction of sp³-hybridized carbons (Fsp3) is 0.750. The summed E-state index contributed by atoms with van der Waals surface area (Å²) in [4.78, 5) is 0. The second-order valence-electron chi connectivity index (χ2n) is 2.92. The molecule has 0 saturated heterocycles. The van der Waals surface area contributed by atoms with Gasteiger partial charge in [-0.25, -0.2) is 8.42 Å². The highest BCUT2D eigenvalue weighted by Crippen LogP contribution is 2.22. The van der Waals surface area contributed by atoms with Crippen molar-refractivity contribution < 1.29 is 8.42 Å². The molecule has 1 atom stereocenters. The molecule has 2 nitrogen and oxygen atoms in total. The van der Waals surface area contributed by atoms with Crippen LogP contribution < -0.4 is 0 Å². The van der Waals surface area contributed by atoms with E-state index in [0.717, 1.165) is 5.75 Å². The zero-order valence-corrected chi connectivity index (χ0v) is 8.83. The minimum Gasteiger partial charge on any atom is -0.224 e. The normalized spacial score (nSPS) is 26.2. The van der Waals surface area contributed by atoms with E-state index in [2.05, 4.69) is 6.92 Å². The van der Waals surface area contributed by atoms with E-state index in [1.165, 1.54) is 18.2 Å². The Bertz CT molecular complexity index is 254. The van der Waals surface area contributed by atoms with E-state index in [0.29, 0.717) is 5.75 Å².